The SMILES string of the molecule is CS(=O)(=O)Nc1ccc(-c2csc(NC(=O)CC(c3ccccc3)c3ccccc3)n2)cc1. The molecule has 0 unspecified atom stereocenters. The first-order valence-corrected chi connectivity index (χ1v) is 13.1. The maximum absolute atomic E-state index is 12.9. The van der Waals surface area contributed by atoms with Gasteiger partial charge in [-0.2, -0.15) is 0 Å². The number of thiazole rings is 1. The van der Waals surface area contributed by atoms with E-state index in [1.807, 2.05) is 66.0 Å². The molecule has 0 aliphatic rings. The Kier molecular flexibility index (Phi) is 6.86. The second-order valence-electron chi connectivity index (χ2n) is 7.62. The first-order valence-electron chi connectivity index (χ1n) is 10.3. The second-order valence-corrected chi connectivity index (χ2v) is 10.2. The molecule has 0 radical (unpaired) electrons. The molecule has 0 fully saturated rings. The van der Waals surface area contributed by atoms with Crippen LogP contribution >= 0.6 is 11.3 Å². The monoisotopic (exact) mass is 477 g/mol. The summed E-state index contributed by atoms with van der Waals surface area (Å²) in [6, 6.07) is 26.9. The molecule has 0 atom stereocenters. The van der Waals surface area contributed by atoms with E-state index >= 15 is 0 Å². The molecule has 0 saturated carbocycles. The molecule has 0 bridgehead atoms. The Balaban J connectivity index is 1.45. The Bertz CT molecular complexity index is 1280. The number of benzene rings is 3. The molecular formula is C25H23N3O3S2. The molecule has 168 valence electrons. The predicted molar refractivity (Wildman–Crippen MR) is 134 cm³/mol. The van der Waals surface area contributed by atoms with Gasteiger partial charge in [0.2, 0.25) is 15.9 Å². The van der Waals surface area contributed by atoms with Gasteiger partial charge >= 0.3 is 0 Å². The fraction of sp³-hybridized carbons (Fsp3) is 0.120. The minimum Gasteiger partial charge on any atom is -0.302 e. The molecule has 1 heterocycles. The molecule has 1 amide bonds. The molecule has 4 rings (SSSR count). The van der Waals surface area contributed by atoms with Gasteiger partial charge in [-0.05, 0) is 23.3 Å². The van der Waals surface area contributed by atoms with E-state index in [-0.39, 0.29) is 11.8 Å². The van der Waals surface area contributed by atoms with Gasteiger partial charge in [-0.3, -0.25) is 9.52 Å². The fourth-order valence-electron chi connectivity index (χ4n) is 3.54. The molecular weight excluding hydrogens is 454 g/mol. The number of carbonyl (C=O) groups excluding carboxylic acids is 1. The lowest BCUT2D eigenvalue weighted by atomic mass is 9.88. The van der Waals surface area contributed by atoms with Crippen LogP contribution in [-0.4, -0.2) is 25.6 Å². The van der Waals surface area contributed by atoms with E-state index in [1.165, 1.54) is 11.3 Å². The van der Waals surface area contributed by atoms with Gasteiger partial charge in [0.05, 0.1) is 11.9 Å². The smallest absolute Gasteiger partial charge is 0.229 e. The van der Waals surface area contributed by atoms with Crippen molar-refractivity contribution in [3.63, 3.8) is 0 Å². The van der Waals surface area contributed by atoms with Crippen LogP contribution in [0.15, 0.2) is 90.3 Å². The summed E-state index contributed by atoms with van der Waals surface area (Å²) in [5.41, 5.74) is 4.20. The molecule has 4 aromatic rings. The zero-order chi connectivity index (χ0) is 23.3. The maximum atomic E-state index is 12.9. The molecule has 33 heavy (non-hydrogen) atoms. The number of amides is 1. The van der Waals surface area contributed by atoms with Crippen molar-refractivity contribution in [3.05, 3.63) is 101 Å². The zero-order valence-corrected chi connectivity index (χ0v) is 19.6. The zero-order valence-electron chi connectivity index (χ0n) is 17.9. The Hall–Kier alpha value is -3.49. The summed E-state index contributed by atoms with van der Waals surface area (Å²) in [6.07, 6.45) is 1.41. The number of nitrogens with one attached hydrogen (secondary N) is 2. The molecule has 2 N–H and O–H groups in total. The van der Waals surface area contributed by atoms with Crippen molar-refractivity contribution in [2.45, 2.75) is 12.3 Å². The number of hydrogen-bond acceptors (Lipinski definition) is 5. The number of anilines is 2. The minimum absolute atomic E-state index is 0.0540. The number of nitrogens with zero attached hydrogens (tertiary/aromatic N) is 1. The number of aromatic nitrogens is 1. The topological polar surface area (TPSA) is 88.2 Å². The van der Waals surface area contributed by atoms with E-state index in [9.17, 15) is 13.2 Å². The first kappa shape index (κ1) is 22.7. The van der Waals surface area contributed by atoms with Crippen LogP contribution in [0.5, 0.6) is 0 Å². The Morgan fingerprint density at radius 2 is 1.48 bits per heavy atom. The molecule has 0 aliphatic carbocycles. The van der Waals surface area contributed by atoms with Crippen LogP contribution in [-0.2, 0) is 14.8 Å². The number of rotatable bonds is 8. The van der Waals surface area contributed by atoms with E-state index in [0.717, 1.165) is 22.9 Å². The highest BCUT2D eigenvalue weighted by Gasteiger charge is 2.19. The average molecular weight is 478 g/mol. The van der Waals surface area contributed by atoms with Crippen molar-refractivity contribution in [2.75, 3.05) is 16.3 Å². The van der Waals surface area contributed by atoms with E-state index in [4.69, 9.17) is 0 Å². The van der Waals surface area contributed by atoms with Crippen LogP contribution in [0.2, 0.25) is 0 Å². The standard InChI is InChI=1S/C25H23N3O3S2/c1-33(30,31)28-21-14-12-20(13-15-21)23-17-32-25(26-23)27-24(29)16-22(18-8-4-2-5-9-18)19-10-6-3-7-11-19/h2-15,17,22,28H,16H2,1H3,(H,26,27,29). The van der Waals surface area contributed by atoms with Gasteiger partial charge in [0.25, 0.3) is 0 Å². The van der Waals surface area contributed by atoms with Crippen LogP contribution in [0.3, 0.4) is 0 Å². The van der Waals surface area contributed by atoms with Crippen LogP contribution in [0.1, 0.15) is 23.5 Å². The average Bonchev–Trinajstić information content (AvgIpc) is 3.26. The van der Waals surface area contributed by atoms with Crippen LogP contribution in [0, 0.1) is 0 Å². The van der Waals surface area contributed by atoms with Crippen molar-refractivity contribution in [1.82, 2.24) is 4.98 Å². The molecule has 6 nitrogen and oxygen atoms in total. The molecule has 8 heteroatoms. The number of sulfonamides is 1. The van der Waals surface area contributed by atoms with Crippen molar-refractivity contribution in [3.8, 4) is 11.3 Å². The van der Waals surface area contributed by atoms with E-state index < -0.39 is 10.0 Å². The van der Waals surface area contributed by atoms with Gasteiger partial charge in [0, 0.05) is 29.0 Å². The van der Waals surface area contributed by atoms with Crippen LogP contribution in [0.25, 0.3) is 11.3 Å². The summed E-state index contributed by atoms with van der Waals surface area (Å²) in [5, 5.41) is 5.30. The third-order valence-electron chi connectivity index (χ3n) is 5.03. The third kappa shape index (κ3) is 6.27. The summed E-state index contributed by atoms with van der Waals surface area (Å²) >= 11 is 1.35. The molecule has 0 spiro atoms. The van der Waals surface area contributed by atoms with Crippen molar-refractivity contribution in [2.24, 2.45) is 0 Å². The van der Waals surface area contributed by atoms with Gasteiger partial charge < -0.3 is 5.32 Å². The lowest BCUT2D eigenvalue weighted by molar-refractivity contribution is -0.116. The van der Waals surface area contributed by atoms with Crippen molar-refractivity contribution < 1.29 is 13.2 Å². The summed E-state index contributed by atoms with van der Waals surface area (Å²) in [6.45, 7) is 0. The van der Waals surface area contributed by atoms with E-state index in [0.29, 0.717) is 22.9 Å². The van der Waals surface area contributed by atoms with Gasteiger partial charge in [-0.15, -0.1) is 11.3 Å². The lowest BCUT2D eigenvalue weighted by Crippen LogP contribution is -2.16. The van der Waals surface area contributed by atoms with Crippen LogP contribution in [0.4, 0.5) is 10.8 Å². The number of carbonyl (C=O) groups is 1. The Labute approximate surface area is 197 Å². The van der Waals surface area contributed by atoms with E-state index in [1.54, 1.807) is 24.3 Å². The normalized spacial score (nSPS) is 11.3. The highest BCUT2D eigenvalue weighted by atomic mass is 32.2. The van der Waals surface area contributed by atoms with Gasteiger partial charge in [-0.1, -0.05) is 72.8 Å². The van der Waals surface area contributed by atoms with Crippen molar-refractivity contribution in [1.29, 1.82) is 0 Å². The summed E-state index contributed by atoms with van der Waals surface area (Å²) in [4.78, 5) is 17.4. The Morgan fingerprint density at radius 1 is 0.909 bits per heavy atom. The van der Waals surface area contributed by atoms with Gasteiger partial charge in [0.1, 0.15) is 0 Å². The summed E-state index contributed by atoms with van der Waals surface area (Å²) < 4.78 is 25.1. The lowest BCUT2D eigenvalue weighted by Gasteiger charge is -2.17. The predicted octanol–water partition coefficient (Wildman–Crippen LogP) is 5.34. The summed E-state index contributed by atoms with van der Waals surface area (Å²) in [7, 11) is -3.33. The quantitative estimate of drug-likeness (QED) is 0.358. The Morgan fingerprint density at radius 3 is 2.03 bits per heavy atom. The highest BCUT2D eigenvalue weighted by molar-refractivity contribution is 7.92. The second kappa shape index (κ2) is 9.97. The van der Waals surface area contributed by atoms with Crippen molar-refractivity contribution >= 4 is 38.1 Å². The molecule has 3 aromatic carbocycles. The molecule has 0 saturated heterocycles. The van der Waals surface area contributed by atoms with Gasteiger partial charge in [-0.25, -0.2) is 13.4 Å². The first-order chi connectivity index (χ1) is 15.9. The number of hydrogen-bond donors (Lipinski definition) is 2. The molecule has 0 aliphatic heterocycles. The maximum Gasteiger partial charge on any atom is 0.229 e. The van der Waals surface area contributed by atoms with Crippen LogP contribution < -0.4 is 10.0 Å². The fourth-order valence-corrected chi connectivity index (χ4v) is 4.84. The largest absolute Gasteiger partial charge is 0.302 e. The summed E-state index contributed by atoms with van der Waals surface area (Å²) in [5.74, 6) is -0.164. The minimum atomic E-state index is -3.33. The van der Waals surface area contributed by atoms with Gasteiger partial charge in [0.15, 0.2) is 5.13 Å². The molecule has 1 aromatic heterocycles. The van der Waals surface area contributed by atoms with E-state index in [2.05, 4.69) is 15.0 Å². The highest BCUT2D eigenvalue weighted by Crippen LogP contribution is 2.30. The third-order valence-corrected chi connectivity index (χ3v) is 6.39.